The summed E-state index contributed by atoms with van der Waals surface area (Å²) in [5.41, 5.74) is 0. The summed E-state index contributed by atoms with van der Waals surface area (Å²) in [6, 6.07) is 3.84. The van der Waals surface area contributed by atoms with Crippen molar-refractivity contribution in [3.63, 3.8) is 0 Å². The third-order valence-electron chi connectivity index (χ3n) is 1.85. The van der Waals surface area contributed by atoms with Crippen molar-refractivity contribution in [1.29, 1.82) is 0 Å². The molecule has 0 aliphatic carbocycles. The van der Waals surface area contributed by atoms with Gasteiger partial charge in [-0.3, -0.25) is 4.79 Å². The molecule has 8 heteroatoms. The highest BCUT2D eigenvalue weighted by atomic mass is 35.5. The van der Waals surface area contributed by atoms with Crippen molar-refractivity contribution in [1.82, 2.24) is 4.72 Å². The molecule has 1 aromatic rings. The largest absolute Gasteiger partial charge is 0.495 e. The highest BCUT2D eigenvalue weighted by Crippen LogP contribution is 2.26. The van der Waals surface area contributed by atoms with Crippen LogP contribution in [0.5, 0.6) is 5.75 Å². The van der Waals surface area contributed by atoms with E-state index in [0.717, 1.165) is 0 Å². The number of nitrogens with one attached hydrogen (secondary N) is 1. The van der Waals surface area contributed by atoms with Gasteiger partial charge in [-0.15, -0.1) is 0 Å². The van der Waals surface area contributed by atoms with Crippen molar-refractivity contribution in [2.75, 3.05) is 13.7 Å². The van der Waals surface area contributed by atoms with Crippen molar-refractivity contribution < 1.29 is 23.1 Å². The van der Waals surface area contributed by atoms with E-state index < -0.39 is 22.5 Å². The van der Waals surface area contributed by atoms with Gasteiger partial charge in [0.05, 0.1) is 17.0 Å². The van der Waals surface area contributed by atoms with Crippen LogP contribution in [0.2, 0.25) is 5.02 Å². The highest BCUT2D eigenvalue weighted by Gasteiger charge is 2.16. The maximum atomic E-state index is 11.6. The first-order chi connectivity index (χ1) is 7.86. The van der Waals surface area contributed by atoms with E-state index in [1.54, 1.807) is 0 Å². The Balaban J connectivity index is 2.99. The van der Waals surface area contributed by atoms with Crippen molar-refractivity contribution >= 4 is 27.6 Å². The maximum Gasteiger partial charge on any atom is 0.318 e. The zero-order valence-corrected chi connectivity index (χ0v) is 10.4. The second-order valence-corrected chi connectivity index (χ2v) is 5.19. The number of aliphatic carboxylic acids is 1. The molecule has 2 N–H and O–H groups in total. The van der Waals surface area contributed by atoms with E-state index in [9.17, 15) is 13.2 Å². The van der Waals surface area contributed by atoms with Gasteiger partial charge in [-0.1, -0.05) is 11.6 Å². The maximum absolute atomic E-state index is 11.6. The summed E-state index contributed by atoms with van der Waals surface area (Å²) in [5.74, 6) is -0.933. The normalized spacial score (nSPS) is 11.2. The lowest BCUT2D eigenvalue weighted by molar-refractivity contribution is -0.135. The van der Waals surface area contributed by atoms with Gasteiger partial charge < -0.3 is 9.84 Å². The fourth-order valence-corrected chi connectivity index (χ4v) is 2.38. The van der Waals surface area contributed by atoms with Gasteiger partial charge in [0.1, 0.15) is 12.3 Å². The van der Waals surface area contributed by atoms with Crippen LogP contribution in [0.1, 0.15) is 0 Å². The third kappa shape index (κ3) is 3.58. The van der Waals surface area contributed by atoms with E-state index in [-0.39, 0.29) is 9.92 Å². The minimum atomic E-state index is -3.87. The van der Waals surface area contributed by atoms with Crippen LogP contribution in [0.25, 0.3) is 0 Å². The van der Waals surface area contributed by atoms with Gasteiger partial charge in [-0.25, -0.2) is 8.42 Å². The van der Waals surface area contributed by atoms with Gasteiger partial charge in [0.2, 0.25) is 10.0 Å². The molecule has 0 aromatic heterocycles. The number of hydrogen-bond donors (Lipinski definition) is 2. The van der Waals surface area contributed by atoms with Crippen LogP contribution >= 0.6 is 11.6 Å². The first-order valence-electron chi connectivity index (χ1n) is 4.42. The molecule has 0 atom stereocenters. The average molecular weight is 280 g/mol. The lowest BCUT2D eigenvalue weighted by Gasteiger charge is -2.07. The van der Waals surface area contributed by atoms with E-state index in [2.05, 4.69) is 0 Å². The number of ether oxygens (including phenoxy) is 1. The predicted octanol–water partition coefficient (Wildman–Crippen LogP) is 0.711. The standard InChI is InChI=1S/C9H10ClNO5S/c1-16-8-3-2-6(4-7(8)10)17(14,15)11-5-9(12)13/h2-4,11H,5H2,1H3,(H,12,13). The van der Waals surface area contributed by atoms with Gasteiger partial charge in [0.25, 0.3) is 0 Å². The van der Waals surface area contributed by atoms with Crippen LogP contribution in [0, 0.1) is 0 Å². The number of carboxylic acids is 1. The topological polar surface area (TPSA) is 92.7 Å². The van der Waals surface area contributed by atoms with E-state index in [1.165, 1.54) is 25.3 Å². The molecule has 0 aliphatic rings. The van der Waals surface area contributed by atoms with Gasteiger partial charge in [0, 0.05) is 0 Å². The van der Waals surface area contributed by atoms with E-state index in [4.69, 9.17) is 21.4 Å². The van der Waals surface area contributed by atoms with Crippen LogP contribution in [0.15, 0.2) is 23.1 Å². The van der Waals surface area contributed by atoms with Gasteiger partial charge in [-0.05, 0) is 18.2 Å². The molecule has 0 unspecified atom stereocenters. The molecule has 0 bridgehead atoms. The minimum absolute atomic E-state index is 0.121. The van der Waals surface area contributed by atoms with Crippen molar-refractivity contribution in [3.8, 4) is 5.75 Å². The molecule has 0 heterocycles. The smallest absolute Gasteiger partial charge is 0.318 e. The average Bonchev–Trinajstić information content (AvgIpc) is 2.26. The van der Waals surface area contributed by atoms with E-state index >= 15 is 0 Å². The molecule has 17 heavy (non-hydrogen) atoms. The number of carboxylic acid groups (broad SMARTS) is 1. The number of halogens is 1. The first-order valence-corrected chi connectivity index (χ1v) is 6.28. The predicted molar refractivity (Wildman–Crippen MR) is 60.8 cm³/mol. The lowest BCUT2D eigenvalue weighted by Crippen LogP contribution is -2.29. The van der Waals surface area contributed by atoms with Crippen LogP contribution in [0.4, 0.5) is 0 Å². The van der Waals surface area contributed by atoms with E-state index in [0.29, 0.717) is 5.75 Å². The Labute approximate surface area is 103 Å². The van der Waals surface area contributed by atoms with Crippen LogP contribution in [-0.4, -0.2) is 33.1 Å². The van der Waals surface area contributed by atoms with Gasteiger partial charge in [-0.2, -0.15) is 4.72 Å². The number of sulfonamides is 1. The Morgan fingerprint density at radius 3 is 2.65 bits per heavy atom. The molecule has 0 saturated heterocycles. The van der Waals surface area contributed by atoms with Gasteiger partial charge in [0.15, 0.2) is 0 Å². The lowest BCUT2D eigenvalue weighted by atomic mass is 10.3. The molecule has 0 fully saturated rings. The molecular weight excluding hydrogens is 270 g/mol. The Bertz CT molecular complexity index is 528. The second kappa shape index (κ2) is 5.35. The van der Waals surface area contributed by atoms with Gasteiger partial charge >= 0.3 is 5.97 Å². The van der Waals surface area contributed by atoms with Crippen molar-refractivity contribution in [2.24, 2.45) is 0 Å². The minimum Gasteiger partial charge on any atom is -0.495 e. The molecular formula is C9H10ClNO5S. The summed E-state index contributed by atoms with van der Waals surface area (Å²) in [6.07, 6.45) is 0. The van der Waals surface area contributed by atoms with E-state index in [1.807, 2.05) is 4.72 Å². The number of rotatable bonds is 5. The number of benzene rings is 1. The Morgan fingerprint density at radius 2 is 2.18 bits per heavy atom. The monoisotopic (exact) mass is 279 g/mol. The van der Waals surface area contributed by atoms with Crippen molar-refractivity contribution in [3.05, 3.63) is 23.2 Å². The number of hydrogen-bond acceptors (Lipinski definition) is 4. The van der Waals surface area contributed by atoms with Crippen molar-refractivity contribution in [2.45, 2.75) is 4.90 Å². The third-order valence-corrected chi connectivity index (χ3v) is 3.54. The number of methoxy groups -OCH3 is 1. The highest BCUT2D eigenvalue weighted by molar-refractivity contribution is 7.89. The summed E-state index contributed by atoms with van der Waals surface area (Å²) in [5, 5.41) is 8.52. The summed E-state index contributed by atoms with van der Waals surface area (Å²) < 4.78 is 30.0. The van der Waals surface area contributed by atoms with Crippen LogP contribution in [0.3, 0.4) is 0 Å². The zero-order chi connectivity index (χ0) is 13.1. The molecule has 0 saturated carbocycles. The Kier molecular flexibility index (Phi) is 4.33. The molecule has 1 aromatic carbocycles. The SMILES string of the molecule is COc1ccc(S(=O)(=O)NCC(=O)O)cc1Cl. The fraction of sp³-hybridized carbons (Fsp3) is 0.222. The molecule has 0 amide bonds. The Hall–Kier alpha value is -1.31. The second-order valence-electron chi connectivity index (χ2n) is 3.01. The van der Waals surface area contributed by atoms with Crippen LogP contribution < -0.4 is 9.46 Å². The summed E-state index contributed by atoms with van der Waals surface area (Å²) in [4.78, 5) is 10.2. The summed E-state index contributed by atoms with van der Waals surface area (Å²) in [6.45, 7) is -0.689. The molecule has 0 radical (unpaired) electrons. The molecule has 1 rings (SSSR count). The summed E-state index contributed by atoms with van der Waals surface area (Å²) in [7, 11) is -2.47. The summed E-state index contributed by atoms with van der Waals surface area (Å²) >= 11 is 5.76. The molecule has 0 aliphatic heterocycles. The number of carbonyl (C=O) groups is 1. The molecule has 6 nitrogen and oxygen atoms in total. The Morgan fingerprint density at radius 1 is 1.53 bits per heavy atom. The zero-order valence-electron chi connectivity index (χ0n) is 8.81. The van der Waals surface area contributed by atoms with Crippen LogP contribution in [-0.2, 0) is 14.8 Å². The first kappa shape index (κ1) is 13.8. The quantitative estimate of drug-likeness (QED) is 0.828. The molecule has 94 valence electrons. The fourth-order valence-electron chi connectivity index (χ4n) is 1.05. The molecule has 0 spiro atoms.